The zero-order valence-corrected chi connectivity index (χ0v) is 10.2. The first kappa shape index (κ1) is 12.8. The van der Waals surface area contributed by atoms with E-state index in [1.165, 1.54) is 24.6 Å². The number of rotatable bonds is 4. The molecule has 19 heavy (non-hydrogen) atoms. The maximum atomic E-state index is 11.8. The fourth-order valence-corrected chi connectivity index (χ4v) is 1.56. The molecule has 2 N–H and O–H groups in total. The zero-order valence-electron chi connectivity index (χ0n) is 10.2. The van der Waals surface area contributed by atoms with Gasteiger partial charge in [0, 0.05) is 11.8 Å². The van der Waals surface area contributed by atoms with Crippen molar-refractivity contribution >= 4 is 11.9 Å². The van der Waals surface area contributed by atoms with Crippen LogP contribution in [0.3, 0.4) is 0 Å². The predicted octanol–water partition coefficient (Wildman–Crippen LogP) is 1.61. The highest BCUT2D eigenvalue weighted by atomic mass is 16.4. The Morgan fingerprint density at radius 1 is 1.42 bits per heavy atom. The van der Waals surface area contributed by atoms with Crippen molar-refractivity contribution in [3.63, 3.8) is 0 Å². The van der Waals surface area contributed by atoms with Crippen LogP contribution in [0.1, 0.15) is 32.2 Å². The summed E-state index contributed by atoms with van der Waals surface area (Å²) in [5.74, 6) is -1.14. The molecule has 2 aromatic heterocycles. The standard InChI is InChI=1S/C13H12N2O4/c1-8-3-5-19-11(8)12(16)15-7-10-6-9(13(17)18)2-4-14-10/h2-6H,7H2,1H3,(H,15,16)(H,17,18). The quantitative estimate of drug-likeness (QED) is 0.871. The molecule has 0 aliphatic heterocycles. The van der Waals surface area contributed by atoms with E-state index in [1.807, 2.05) is 0 Å². The topological polar surface area (TPSA) is 92.4 Å². The van der Waals surface area contributed by atoms with Crippen LogP contribution >= 0.6 is 0 Å². The number of hydrogen-bond donors (Lipinski definition) is 2. The number of aromatic nitrogens is 1. The molecule has 6 nitrogen and oxygen atoms in total. The van der Waals surface area contributed by atoms with Crippen LogP contribution in [0.2, 0.25) is 0 Å². The fraction of sp³-hybridized carbons (Fsp3) is 0.154. The Kier molecular flexibility index (Phi) is 3.61. The summed E-state index contributed by atoms with van der Waals surface area (Å²) in [5, 5.41) is 11.5. The maximum absolute atomic E-state index is 11.8. The van der Waals surface area contributed by atoms with Crippen molar-refractivity contribution in [1.29, 1.82) is 0 Å². The number of aromatic carboxylic acids is 1. The summed E-state index contributed by atoms with van der Waals surface area (Å²) in [7, 11) is 0. The number of amides is 1. The second-order valence-corrected chi connectivity index (χ2v) is 3.96. The normalized spacial score (nSPS) is 10.2. The Bertz CT molecular complexity index is 619. The third kappa shape index (κ3) is 2.98. The van der Waals surface area contributed by atoms with Gasteiger partial charge in [-0.05, 0) is 25.1 Å². The summed E-state index contributed by atoms with van der Waals surface area (Å²) in [5.41, 5.74) is 1.34. The molecular weight excluding hydrogens is 248 g/mol. The third-order valence-electron chi connectivity index (χ3n) is 2.56. The SMILES string of the molecule is Cc1ccoc1C(=O)NCc1cc(C(=O)O)ccn1. The number of nitrogens with zero attached hydrogens (tertiary/aromatic N) is 1. The van der Waals surface area contributed by atoms with Crippen molar-refractivity contribution in [2.24, 2.45) is 0 Å². The lowest BCUT2D eigenvalue weighted by atomic mass is 10.2. The van der Waals surface area contributed by atoms with E-state index in [0.29, 0.717) is 5.69 Å². The summed E-state index contributed by atoms with van der Waals surface area (Å²) in [6, 6.07) is 4.50. The molecule has 0 aromatic carbocycles. The minimum Gasteiger partial charge on any atom is -0.478 e. The average molecular weight is 260 g/mol. The summed E-state index contributed by atoms with van der Waals surface area (Å²) in [6.45, 7) is 1.90. The average Bonchev–Trinajstić information content (AvgIpc) is 2.82. The molecular formula is C13H12N2O4. The van der Waals surface area contributed by atoms with Gasteiger partial charge in [0.25, 0.3) is 5.91 Å². The number of carbonyl (C=O) groups is 2. The number of nitrogens with one attached hydrogen (secondary N) is 1. The van der Waals surface area contributed by atoms with Crippen LogP contribution in [-0.4, -0.2) is 22.0 Å². The Balaban J connectivity index is 2.03. The molecule has 0 spiro atoms. The minimum atomic E-state index is -1.03. The molecule has 98 valence electrons. The first-order chi connectivity index (χ1) is 9.08. The molecule has 0 saturated carbocycles. The number of carboxylic acid groups (broad SMARTS) is 1. The van der Waals surface area contributed by atoms with Crippen molar-refractivity contribution in [1.82, 2.24) is 10.3 Å². The van der Waals surface area contributed by atoms with E-state index in [9.17, 15) is 9.59 Å². The van der Waals surface area contributed by atoms with Gasteiger partial charge >= 0.3 is 5.97 Å². The van der Waals surface area contributed by atoms with E-state index in [4.69, 9.17) is 9.52 Å². The highest BCUT2D eigenvalue weighted by Gasteiger charge is 2.12. The van der Waals surface area contributed by atoms with Crippen molar-refractivity contribution in [3.05, 3.63) is 53.2 Å². The summed E-state index contributed by atoms with van der Waals surface area (Å²) in [6.07, 6.45) is 2.83. The van der Waals surface area contributed by atoms with Crippen LogP contribution in [0.5, 0.6) is 0 Å². The smallest absolute Gasteiger partial charge is 0.335 e. The van der Waals surface area contributed by atoms with Crippen LogP contribution in [0.25, 0.3) is 0 Å². The molecule has 2 heterocycles. The monoisotopic (exact) mass is 260 g/mol. The van der Waals surface area contributed by atoms with Crippen molar-refractivity contribution in [2.75, 3.05) is 0 Å². The number of carboxylic acids is 1. The summed E-state index contributed by atoms with van der Waals surface area (Å²) < 4.78 is 5.05. The molecule has 2 rings (SSSR count). The molecule has 0 bridgehead atoms. The van der Waals surface area contributed by atoms with Crippen LogP contribution in [-0.2, 0) is 6.54 Å². The molecule has 0 fully saturated rings. The van der Waals surface area contributed by atoms with Crippen LogP contribution in [0, 0.1) is 6.92 Å². The van der Waals surface area contributed by atoms with Crippen molar-refractivity contribution in [3.8, 4) is 0 Å². The molecule has 6 heteroatoms. The second-order valence-electron chi connectivity index (χ2n) is 3.96. The van der Waals surface area contributed by atoms with Gasteiger partial charge in [0.1, 0.15) is 0 Å². The van der Waals surface area contributed by atoms with Gasteiger partial charge in [-0.1, -0.05) is 0 Å². The molecule has 2 aromatic rings. The van der Waals surface area contributed by atoms with E-state index >= 15 is 0 Å². The Morgan fingerprint density at radius 2 is 2.21 bits per heavy atom. The molecule has 0 aliphatic rings. The zero-order chi connectivity index (χ0) is 13.8. The first-order valence-corrected chi connectivity index (χ1v) is 5.58. The van der Waals surface area contributed by atoms with E-state index in [-0.39, 0.29) is 23.8 Å². The number of pyridine rings is 1. The second kappa shape index (κ2) is 5.34. The highest BCUT2D eigenvalue weighted by Crippen LogP contribution is 2.08. The summed E-state index contributed by atoms with van der Waals surface area (Å²) >= 11 is 0. The van der Waals surface area contributed by atoms with Crippen molar-refractivity contribution in [2.45, 2.75) is 13.5 Å². The maximum Gasteiger partial charge on any atom is 0.335 e. The lowest BCUT2D eigenvalue weighted by molar-refractivity contribution is 0.0696. The molecule has 0 aliphatic carbocycles. The Morgan fingerprint density at radius 3 is 2.84 bits per heavy atom. The number of aryl methyl sites for hydroxylation is 1. The van der Waals surface area contributed by atoms with Gasteiger partial charge in [-0.2, -0.15) is 0 Å². The van der Waals surface area contributed by atoms with Crippen LogP contribution in [0.4, 0.5) is 0 Å². The first-order valence-electron chi connectivity index (χ1n) is 5.58. The van der Waals surface area contributed by atoms with E-state index < -0.39 is 5.97 Å². The largest absolute Gasteiger partial charge is 0.478 e. The molecule has 0 radical (unpaired) electrons. The number of hydrogen-bond acceptors (Lipinski definition) is 4. The lowest BCUT2D eigenvalue weighted by Crippen LogP contribution is -2.23. The summed E-state index contributed by atoms with van der Waals surface area (Å²) in [4.78, 5) is 26.6. The fourth-order valence-electron chi connectivity index (χ4n) is 1.56. The molecule has 0 saturated heterocycles. The predicted molar refractivity (Wildman–Crippen MR) is 65.8 cm³/mol. The van der Waals surface area contributed by atoms with Gasteiger partial charge in [-0.3, -0.25) is 9.78 Å². The molecule has 0 unspecified atom stereocenters. The Labute approximate surface area is 109 Å². The van der Waals surface area contributed by atoms with Crippen LogP contribution < -0.4 is 5.32 Å². The number of carbonyl (C=O) groups excluding carboxylic acids is 1. The van der Waals surface area contributed by atoms with Gasteiger partial charge in [0.05, 0.1) is 24.1 Å². The highest BCUT2D eigenvalue weighted by molar-refractivity contribution is 5.92. The van der Waals surface area contributed by atoms with Gasteiger partial charge in [0.2, 0.25) is 0 Å². The van der Waals surface area contributed by atoms with Gasteiger partial charge < -0.3 is 14.8 Å². The Hall–Kier alpha value is -2.63. The molecule has 1 amide bonds. The van der Waals surface area contributed by atoms with Gasteiger partial charge in [-0.15, -0.1) is 0 Å². The van der Waals surface area contributed by atoms with E-state index in [2.05, 4.69) is 10.3 Å². The molecule has 0 atom stereocenters. The van der Waals surface area contributed by atoms with E-state index in [1.54, 1.807) is 13.0 Å². The third-order valence-corrected chi connectivity index (χ3v) is 2.56. The van der Waals surface area contributed by atoms with Crippen LogP contribution in [0.15, 0.2) is 35.1 Å². The minimum absolute atomic E-state index is 0.133. The van der Waals surface area contributed by atoms with E-state index in [0.717, 1.165) is 5.56 Å². The number of furan rings is 1. The van der Waals surface area contributed by atoms with Crippen molar-refractivity contribution < 1.29 is 19.1 Å². The van der Waals surface area contributed by atoms with Gasteiger partial charge in [-0.25, -0.2) is 4.79 Å². The lowest BCUT2D eigenvalue weighted by Gasteiger charge is -2.04. The van der Waals surface area contributed by atoms with Gasteiger partial charge in [0.15, 0.2) is 5.76 Å².